The Bertz CT molecular complexity index is 381. The van der Waals surface area contributed by atoms with Crippen LogP contribution in [0.2, 0.25) is 5.02 Å². The maximum atomic E-state index is 12.2. The molecule has 0 saturated carbocycles. The third kappa shape index (κ3) is 4.18. The Kier molecular flexibility index (Phi) is 4.80. The van der Waals surface area contributed by atoms with Gasteiger partial charge in [0.2, 0.25) is 0 Å². The second-order valence-corrected chi connectivity index (χ2v) is 4.03. The molecule has 0 aromatic heterocycles. The fraction of sp³-hybridized carbons (Fsp3) is 0.455. The fourth-order valence-corrected chi connectivity index (χ4v) is 1.40. The number of halogens is 4. The molecule has 1 unspecified atom stereocenters. The summed E-state index contributed by atoms with van der Waals surface area (Å²) >= 11 is 5.89. The maximum absolute atomic E-state index is 12.2. The molecule has 0 bridgehead atoms. The summed E-state index contributed by atoms with van der Waals surface area (Å²) in [4.78, 5) is 0. The smallest absolute Gasteiger partial charge is 0.364 e. The molecule has 2 nitrogen and oxygen atoms in total. The Balaban J connectivity index is 2.64. The predicted octanol–water partition coefficient (Wildman–Crippen LogP) is 3.27. The summed E-state index contributed by atoms with van der Waals surface area (Å²) in [5.41, 5.74) is 6.75. The van der Waals surface area contributed by atoms with E-state index in [0.717, 1.165) is 12.5 Å². The first-order chi connectivity index (χ1) is 7.84. The number of alkyl halides is 3. The second-order valence-electron chi connectivity index (χ2n) is 3.62. The maximum Gasteiger partial charge on any atom is 0.414 e. The van der Waals surface area contributed by atoms with Crippen LogP contribution in [0.3, 0.4) is 0 Å². The van der Waals surface area contributed by atoms with Crippen molar-refractivity contribution < 1.29 is 17.9 Å². The summed E-state index contributed by atoms with van der Waals surface area (Å²) in [6.45, 7) is 1.12. The average molecular weight is 268 g/mol. The van der Waals surface area contributed by atoms with Gasteiger partial charge in [0, 0.05) is 11.6 Å². The molecule has 1 aromatic rings. The van der Waals surface area contributed by atoms with Gasteiger partial charge in [0.1, 0.15) is 0 Å². The zero-order valence-corrected chi connectivity index (χ0v) is 9.98. The highest BCUT2D eigenvalue weighted by molar-refractivity contribution is 6.31. The van der Waals surface area contributed by atoms with Crippen LogP contribution in [0.4, 0.5) is 13.2 Å². The first-order valence-electron chi connectivity index (χ1n) is 5.00. The second kappa shape index (κ2) is 5.71. The van der Waals surface area contributed by atoms with E-state index in [4.69, 9.17) is 22.1 Å². The summed E-state index contributed by atoms with van der Waals surface area (Å²) < 4.78 is 41.3. The zero-order chi connectivity index (χ0) is 13.1. The molecular formula is C11H13ClF3NO. The van der Waals surface area contributed by atoms with E-state index in [2.05, 4.69) is 0 Å². The first-order valence-corrected chi connectivity index (χ1v) is 5.38. The van der Waals surface area contributed by atoms with Crippen molar-refractivity contribution in [3.8, 4) is 0 Å². The van der Waals surface area contributed by atoms with Crippen LogP contribution >= 0.6 is 11.6 Å². The molecule has 0 aliphatic rings. The monoisotopic (exact) mass is 267 g/mol. The third-order valence-electron chi connectivity index (χ3n) is 2.30. The number of rotatable bonds is 4. The van der Waals surface area contributed by atoms with E-state index in [-0.39, 0.29) is 6.61 Å². The van der Waals surface area contributed by atoms with Crippen LogP contribution in [0.25, 0.3) is 0 Å². The van der Waals surface area contributed by atoms with Gasteiger partial charge in [0.05, 0.1) is 6.61 Å². The normalized spacial score (nSPS) is 13.8. The minimum absolute atomic E-state index is 0.176. The predicted molar refractivity (Wildman–Crippen MR) is 59.6 cm³/mol. The van der Waals surface area contributed by atoms with Crippen molar-refractivity contribution in [1.82, 2.24) is 0 Å². The van der Waals surface area contributed by atoms with Gasteiger partial charge in [-0.3, -0.25) is 0 Å². The van der Waals surface area contributed by atoms with Crippen LogP contribution in [0.1, 0.15) is 18.1 Å². The lowest BCUT2D eigenvalue weighted by atomic mass is 10.1. The SMILES string of the molecule is CC(OCc1ccc(CN)cc1Cl)C(F)(F)F. The lowest BCUT2D eigenvalue weighted by molar-refractivity contribution is -0.217. The molecule has 0 aliphatic heterocycles. The molecule has 0 spiro atoms. The molecule has 0 heterocycles. The van der Waals surface area contributed by atoms with E-state index in [9.17, 15) is 13.2 Å². The highest BCUT2D eigenvalue weighted by Crippen LogP contribution is 2.25. The number of nitrogens with two attached hydrogens (primary N) is 1. The van der Waals surface area contributed by atoms with E-state index >= 15 is 0 Å². The van der Waals surface area contributed by atoms with Crippen LogP contribution in [0, 0.1) is 0 Å². The molecule has 0 amide bonds. The molecular weight excluding hydrogens is 255 g/mol. The van der Waals surface area contributed by atoms with Gasteiger partial charge in [-0.25, -0.2) is 0 Å². The van der Waals surface area contributed by atoms with Crippen LogP contribution in [-0.4, -0.2) is 12.3 Å². The third-order valence-corrected chi connectivity index (χ3v) is 2.65. The van der Waals surface area contributed by atoms with Gasteiger partial charge in [-0.1, -0.05) is 23.7 Å². The molecule has 0 saturated heterocycles. The number of hydrogen-bond acceptors (Lipinski definition) is 2. The van der Waals surface area contributed by atoms with Crippen LogP contribution in [0.5, 0.6) is 0 Å². The molecule has 0 fully saturated rings. The largest absolute Gasteiger partial charge is 0.414 e. The molecule has 0 aliphatic carbocycles. The molecule has 1 aromatic carbocycles. The lowest BCUT2D eigenvalue weighted by Crippen LogP contribution is -2.28. The van der Waals surface area contributed by atoms with E-state index in [1.165, 1.54) is 0 Å². The average Bonchev–Trinajstić information content (AvgIpc) is 2.25. The van der Waals surface area contributed by atoms with Gasteiger partial charge in [0.15, 0.2) is 6.10 Å². The first kappa shape index (κ1) is 14.3. The van der Waals surface area contributed by atoms with Gasteiger partial charge in [0.25, 0.3) is 0 Å². The zero-order valence-electron chi connectivity index (χ0n) is 9.22. The lowest BCUT2D eigenvalue weighted by Gasteiger charge is -2.16. The quantitative estimate of drug-likeness (QED) is 0.909. The van der Waals surface area contributed by atoms with Crippen molar-refractivity contribution in [3.63, 3.8) is 0 Å². The minimum atomic E-state index is -4.36. The number of ether oxygens (including phenoxy) is 1. The summed E-state index contributed by atoms with van der Waals surface area (Å²) in [6, 6.07) is 4.95. The molecule has 1 rings (SSSR count). The molecule has 6 heteroatoms. The van der Waals surface area contributed by atoms with Gasteiger partial charge in [-0.2, -0.15) is 13.2 Å². The fourth-order valence-electron chi connectivity index (χ4n) is 1.14. The summed E-state index contributed by atoms with van der Waals surface area (Å²) in [5.74, 6) is 0. The Morgan fingerprint density at radius 2 is 2.06 bits per heavy atom. The van der Waals surface area contributed by atoms with Crippen LogP contribution in [0.15, 0.2) is 18.2 Å². The Morgan fingerprint density at radius 3 is 2.53 bits per heavy atom. The van der Waals surface area contributed by atoms with E-state index in [1.54, 1.807) is 18.2 Å². The Hall–Kier alpha value is -0.780. The highest BCUT2D eigenvalue weighted by atomic mass is 35.5. The highest BCUT2D eigenvalue weighted by Gasteiger charge is 2.36. The minimum Gasteiger partial charge on any atom is -0.364 e. The van der Waals surface area contributed by atoms with Crippen molar-refractivity contribution >= 4 is 11.6 Å². The van der Waals surface area contributed by atoms with Crippen molar-refractivity contribution in [2.24, 2.45) is 5.73 Å². The Labute approximate surface area is 103 Å². The van der Waals surface area contributed by atoms with Gasteiger partial charge < -0.3 is 10.5 Å². The van der Waals surface area contributed by atoms with E-state index < -0.39 is 12.3 Å². The molecule has 2 N–H and O–H groups in total. The van der Waals surface area contributed by atoms with Crippen molar-refractivity contribution in [2.75, 3.05) is 0 Å². The molecule has 17 heavy (non-hydrogen) atoms. The van der Waals surface area contributed by atoms with E-state index in [0.29, 0.717) is 17.1 Å². The standard InChI is InChI=1S/C11H13ClF3NO/c1-7(11(13,14)15)17-6-9-3-2-8(5-16)4-10(9)12/h2-4,7H,5-6,16H2,1H3. The molecule has 0 radical (unpaired) electrons. The van der Waals surface area contributed by atoms with E-state index in [1.807, 2.05) is 0 Å². The van der Waals surface area contributed by atoms with Crippen LogP contribution in [-0.2, 0) is 17.9 Å². The molecule has 96 valence electrons. The van der Waals surface area contributed by atoms with Gasteiger partial charge in [-0.15, -0.1) is 0 Å². The summed E-state index contributed by atoms with van der Waals surface area (Å²) in [5, 5.41) is 0.363. The summed E-state index contributed by atoms with van der Waals surface area (Å²) in [6.07, 6.45) is -6.17. The van der Waals surface area contributed by atoms with Crippen molar-refractivity contribution in [2.45, 2.75) is 32.4 Å². The van der Waals surface area contributed by atoms with Gasteiger partial charge in [-0.05, 0) is 24.1 Å². The van der Waals surface area contributed by atoms with Crippen LogP contribution < -0.4 is 5.73 Å². The molecule has 1 atom stereocenters. The van der Waals surface area contributed by atoms with Gasteiger partial charge >= 0.3 is 6.18 Å². The topological polar surface area (TPSA) is 35.2 Å². The Morgan fingerprint density at radius 1 is 1.41 bits per heavy atom. The van der Waals surface area contributed by atoms with Crippen molar-refractivity contribution in [3.05, 3.63) is 34.3 Å². The number of benzene rings is 1. The summed E-state index contributed by atoms with van der Waals surface area (Å²) in [7, 11) is 0. The van der Waals surface area contributed by atoms with Crippen molar-refractivity contribution in [1.29, 1.82) is 0 Å². The number of hydrogen-bond donors (Lipinski definition) is 1.